The van der Waals surface area contributed by atoms with Crippen LogP contribution in [0.5, 0.6) is 0 Å². The maximum atomic E-state index is 11.8. The first-order chi connectivity index (χ1) is 8.74. The lowest BCUT2D eigenvalue weighted by atomic mass is 9.93. The highest BCUT2D eigenvalue weighted by Crippen LogP contribution is 2.25. The van der Waals surface area contributed by atoms with Gasteiger partial charge in [0.25, 0.3) is 0 Å². The molecule has 0 saturated heterocycles. The van der Waals surface area contributed by atoms with E-state index in [2.05, 4.69) is 12.2 Å². The van der Waals surface area contributed by atoms with E-state index < -0.39 is 0 Å². The van der Waals surface area contributed by atoms with Gasteiger partial charge in [0.2, 0.25) is 5.91 Å². The van der Waals surface area contributed by atoms with E-state index in [0.717, 1.165) is 25.8 Å². The largest absolute Gasteiger partial charge is 0.353 e. The van der Waals surface area contributed by atoms with Crippen molar-refractivity contribution in [3.05, 3.63) is 0 Å². The minimum absolute atomic E-state index is 0.226. The van der Waals surface area contributed by atoms with Gasteiger partial charge in [-0.05, 0) is 45.1 Å². The van der Waals surface area contributed by atoms with Gasteiger partial charge in [-0.3, -0.25) is 4.79 Å². The Kier molecular flexibility index (Phi) is 8.06. The molecule has 1 saturated carbocycles. The van der Waals surface area contributed by atoms with E-state index in [1.807, 2.05) is 0 Å². The smallest absolute Gasteiger partial charge is 0.220 e. The fourth-order valence-corrected chi connectivity index (χ4v) is 2.86. The number of carbonyl (C=O) groups is 1. The maximum absolute atomic E-state index is 11.8. The Balaban J connectivity index is 2.16. The molecule has 106 valence electrons. The summed E-state index contributed by atoms with van der Waals surface area (Å²) in [5, 5.41) is 3.18. The predicted molar refractivity (Wildman–Crippen MR) is 76.3 cm³/mol. The zero-order valence-electron chi connectivity index (χ0n) is 11.9. The highest BCUT2D eigenvalue weighted by Gasteiger charge is 2.20. The van der Waals surface area contributed by atoms with E-state index in [1.54, 1.807) is 0 Å². The minimum Gasteiger partial charge on any atom is -0.353 e. The number of rotatable bonds is 7. The van der Waals surface area contributed by atoms with E-state index >= 15 is 0 Å². The van der Waals surface area contributed by atoms with Crippen molar-refractivity contribution in [1.82, 2.24) is 5.32 Å². The summed E-state index contributed by atoms with van der Waals surface area (Å²) in [6.45, 7) is 2.91. The van der Waals surface area contributed by atoms with Gasteiger partial charge in [0.15, 0.2) is 0 Å². The molecule has 18 heavy (non-hydrogen) atoms. The summed E-state index contributed by atoms with van der Waals surface area (Å²) < 4.78 is 0. The molecule has 0 aromatic heterocycles. The lowest BCUT2D eigenvalue weighted by Gasteiger charge is -2.23. The lowest BCUT2D eigenvalue weighted by molar-refractivity contribution is -0.122. The molecular formula is C15H30N2O. The normalized spacial score (nSPS) is 19.2. The van der Waals surface area contributed by atoms with Crippen molar-refractivity contribution >= 4 is 5.91 Å². The van der Waals surface area contributed by atoms with Gasteiger partial charge >= 0.3 is 0 Å². The van der Waals surface area contributed by atoms with E-state index in [9.17, 15) is 4.79 Å². The van der Waals surface area contributed by atoms with Gasteiger partial charge in [0, 0.05) is 12.5 Å². The van der Waals surface area contributed by atoms with Crippen LogP contribution in [0.25, 0.3) is 0 Å². The van der Waals surface area contributed by atoms with Crippen molar-refractivity contribution < 1.29 is 4.79 Å². The van der Waals surface area contributed by atoms with E-state index in [1.165, 1.54) is 38.5 Å². The molecule has 1 rings (SSSR count). The molecule has 1 fully saturated rings. The van der Waals surface area contributed by atoms with E-state index in [-0.39, 0.29) is 5.91 Å². The van der Waals surface area contributed by atoms with Crippen LogP contribution in [-0.4, -0.2) is 18.5 Å². The van der Waals surface area contributed by atoms with Gasteiger partial charge in [-0.2, -0.15) is 0 Å². The zero-order valence-corrected chi connectivity index (χ0v) is 11.9. The molecule has 3 N–H and O–H groups in total. The van der Waals surface area contributed by atoms with Crippen molar-refractivity contribution in [2.24, 2.45) is 11.7 Å². The zero-order chi connectivity index (χ0) is 13.2. The third-order valence-electron chi connectivity index (χ3n) is 4.10. The Morgan fingerprint density at radius 2 is 1.83 bits per heavy atom. The molecule has 1 aliphatic rings. The number of nitrogens with one attached hydrogen (secondary N) is 1. The molecule has 0 spiro atoms. The third kappa shape index (κ3) is 6.39. The molecule has 0 heterocycles. The van der Waals surface area contributed by atoms with Crippen molar-refractivity contribution in [3.8, 4) is 0 Å². The summed E-state index contributed by atoms with van der Waals surface area (Å²) in [7, 11) is 0. The lowest BCUT2D eigenvalue weighted by Crippen LogP contribution is -2.37. The van der Waals surface area contributed by atoms with Crippen LogP contribution in [0.4, 0.5) is 0 Å². The van der Waals surface area contributed by atoms with Crippen LogP contribution in [0, 0.1) is 5.92 Å². The highest BCUT2D eigenvalue weighted by molar-refractivity contribution is 5.76. The van der Waals surface area contributed by atoms with Crippen LogP contribution >= 0.6 is 0 Å². The summed E-state index contributed by atoms with van der Waals surface area (Å²) in [5.41, 5.74) is 5.44. The monoisotopic (exact) mass is 254 g/mol. The number of carbonyl (C=O) groups excluding carboxylic acids is 1. The number of unbranched alkanes of at least 4 members (excludes halogenated alkanes) is 2. The van der Waals surface area contributed by atoms with E-state index in [4.69, 9.17) is 5.73 Å². The van der Waals surface area contributed by atoms with Gasteiger partial charge in [0.05, 0.1) is 0 Å². The maximum Gasteiger partial charge on any atom is 0.220 e. The fraction of sp³-hybridized carbons (Fsp3) is 0.933. The molecule has 3 nitrogen and oxygen atoms in total. The quantitative estimate of drug-likeness (QED) is 0.542. The molecule has 0 unspecified atom stereocenters. The van der Waals surface area contributed by atoms with Crippen molar-refractivity contribution in [1.29, 1.82) is 0 Å². The van der Waals surface area contributed by atoms with Gasteiger partial charge in [-0.25, -0.2) is 0 Å². The second-order valence-electron chi connectivity index (χ2n) is 5.71. The van der Waals surface area contributed by atoms with E-state index in [0.29, 0.717) is 18.4 Å². The summed E-state index contributed by atoms with van der Waals surface area (Å²) in [6, 6.07) is 0.352. The average Bonchev–Trinajstić information content (AvgIpc) is 2.63. The molecule has 1 amide bonds. The summed E-state index contributed by atoms with van der Waals surface area (Å²) in [4.78, 5) is 11.8. The Labute approximate surface area is 112 Å². The number of hydrogen-bond acceptors (Lipinski definition) is 2. The van der Waals surface area contributed by atoms with Crippen LogP contribution in [0.2, 0.25) is 0 Å². The molecule has 0 aliphatic heterocycles. The molecule has 1 atom stereocenters. The predicted octanol–water partition coefficient (Wildman–Crippen LogP) is 2.98. The minimum atomic E-state index is 0.226. The molecule has 0 aromatic rings. The number of nitrogens with two attached hydrogens (primary N) is 1. The fourth-order valence-electron chi connectivity index (χ4n) is 2.86. The van der Waals surface area contributed by atoms with Gasteiger partial charge in [-0.1, -0.05) is 32.1 Å². The molecule has 1 aliphatic carbocycles. The van der Waals surface area contributed by atoms with Crippen LogP contribution in [0.1, 0.15) is 71.1 Å². The van der Waals surface area contributed by atoms with Crippen LogP contribution in [-0.2, 0) is 4.79 Å². The van der Waals surface area contributed by atoms with Crippen LogP contribution in [0.15, 0.2) is 0 Å². The Morgan fingerprint density at radius 1 is 1.17 bits per heavy atom. The van der Waals surface area contributed by atoms with Gasteiger partial charge < -0.3 is 11.1 Å². The molecule has 3 heteroatoms. The summed E-state index contributed by atoms with van der Waals surface area (Å²) in [6.07, 6.45) is 11.7. The standard InChI is InChI=1S/C15H30N2O/c1-13(14-9-5-2-3-6-10-14)17-15(18)11-7-4-8-12-16/h13-14H,2-12,16H2,1H3,(H,17,18)/t13-/m0/s1. The molecular weight excluding hydrogens is 224 g/mol. The van der Waals surface area contributed by atoms with Crippen molar-refractivity contribution in [2.75, 3.05) is 6.54 Å². The van der Waals surface area contributed by atoms with Crippen LogP contribution < -0.4 is 11.1 Å². The molecule has 0 bridgehead atoms. The van der Waals surface area contributed by atoms with Gasteiger partial charge in [0.1, 0.15) is 0 Å². The molecule has 0 aromatic carbocycles. The van der Waals surface area contributed by atoms with Crippen molar-refractivity contribution in [2.45, 2.75) is 77.2 Å². The Morgan fingerprint density at radius 3 is 2.44 bits per heavy atom. The Hall–Kier alpha value is -0.570. The SMILES string of the molecule is C[C@H](NC(=O)CCCCCN)C1CCCCCC1. The first-order valence-corrected chi connectivity index (χ1v) is 7.73. The number of amides is 1. The topological polar surface area (TPSA) is 55.1 Å². The second-order valence-corrected chi connectivity index (χ2v) is 5.71. The average molecular weight is 254 g/mol. The van der Waals surface area contributed by atoms with Crippen molar-refractivity contribution in [3.63, 3.8) is 0 Å². The summed E-state index contributed by atoms with van der Waals surface area (Å²) >= 11 is 0. The van der Waals surface area contributed by atoms with Crippen LogP contribution in [0.3, 0.4) is 0 Å². The summed E-state index contributed by atoms with van der Waals surface area (Å²) in [5.74, 6) is 0.921. The third-order valence-corrected chi connectivity index (χ3v) is 4.10. The van der Waals surface area contributed by atoms with Gasteiger partial charge in [-0.15, -0.1) is 0 Å². The first-order valence-electron chi connectivity index (χ1n) is 7.73. The first kappa shape index (κ1) is 15.5. The Bertz CT molecular complexity index is 223. The number of hydrogen-bond donors (Lipinski definition) is 2. The molecule has 0 radical (unpaired) electrons. The second kappa shape index (κ2) is 9.37. The highest BCUT2D eigenvalue weighted by atomic mass is 16.1.